The van der Waals surface area contributed by atoms with E-state index in [1.165, 1.54) is 0 Å². The molecule has 0 amide bonds. The number of hydrogen-bond donors (Lipinski definition) is 1. The van der Waals surface area contributed by atoms with Crippen LogP contribution in [0.4, 0.5) is 5.82 Å². The van der Waals surface area contributed by atoms with Gasteiger partial charge in [0.2, 0.25) is 0 Å². The van der Waals surface area contributed by atoms with Crippen LogP contribution in [-0.4, -0.2) is 36.2 Å². The van der Waals surface area contributed by atoms with Crippen molar-refractivity contribution in [1.29, 1.82) is 0 Å². The molecule has 0 saturated carbocycles. The number of aromatic nitrogens is 2. The van der Waals surface area contributed by atoms with E-state index >= 15 is 0 Å². The van der Waals surface area contributed by atoms with E-state index in [9.17, 15) is 0 Å². The SMILES string of the molecule is COc1ncc(Cl)c(N2CCC(C)C2CN)n1. The van der Waals surface area contributed by atoms with Gasteiger partial charge in [-0.3, -0.25) is 0 Å². The van der Waals surface area contributed by atoms with Gasteiger partial charge < -0.3 is 15.4 Å². The van der Waals surface area contributed by atoms with E-state index < -0.39 is 0 Å². The van der Waals surface area contributed by atoms with Gasteiger partial charge in [-0.05, 0) is 12.3 Å². The van der Waals surface area contributed by atoms with Crippen LogP contribution in [0.1, 0.15) is 13.3 Å². The fourth-order valence-electron chi connectivity index (χ4n) is 2.27. The fraction of sp³-hybridized carbons (Fsp3) is 0.636. The smallest absolute Gasteiger partial charge is 0.318 e. The minimum Gasteiger partial charge on any atom is -0.467 e. The first-order chi connectivity index (χ1) is 8.17. The van der Waals surface area contributed by atoms with Crippen molar-refractivity contribution in [3.63, 3.8) is 0 Å². The molecule has 0 aliphatic carbocycles. The minimum atomic E-state index is 0.284. The van der Waals surface area contributed by atoms with Crippen LogP contribution in [-0.2, 0) is 0 Å². The zero-order valence-corrected chi connectivity index (χ0v) is 10.8. The van der Waals surface area contributed by atoms with Gasteiger partial charge in [0.1, 0.15) is 5.02 Å². The molecule has 2 N–H and O–H groups in total. The lowest BCUT2D eigenvalue weighted by molar-refractivity contribution is 0.379. The van der Waals surface area contributed by atoms with Crippen molar-refractivity contribution in [3.8, 4) is 6.01 Å². The normalized spacial score (nSPS) is 24.1. The predicted molar refractivity (Wildman–Crippen MR) is 67.6 cm³/mol. The maximum atomic E-state index is 6.14. The van der Waals surface area contributed by atoms with Crippen LogP contribution in [0.2, 0.25) is 5.02 Å². The number of rotatable bonds is 3. The molecule has 0 spiro atoms. The van der Waals surface area contributed by atoms with Gasteiger partial charge in [-0.2, -0.15) is 4.98 Å². The molecule has 2 heterocycles. The fourth-order valence-corrected chi connectivity index (χ4v) is 2.47. The maximum Gasteiger partial charge on any atom is 0.318 e. The van der Waals surface area contributed by atoms with Gasteiger partial charge in [0.25, 0.3) is 0 Å². The Labute approximate surface area is 106 Å². The topological polar surface area (TPSA) is 64.3 Å². The summed E-state index contributed by atoms with van der Waals surface area (Å²) >= 11 is 6.14. The predicted octanol–water partition coefficient (Wildman–Crippen LogP) is 1.31. The van der Waals surface area contributed by atoms with Crippen LogP contribution in [0, 0.1) is 5.92 Å². The lowest BCUT2D eigenvalue weighted by atomic mass is 10.0. The van der Waals surface area contributed by atoms with Crippen molar-refractivity contribution >= 4 is 17.4 Å². The monoisotopic (exact) mass is 256 g/mol. The second kappa shape index (κ2) is 5.06. The quantitative estimate of drug-likeness (QED) is 0.884. The summed E-state index contributed by atoms with van der Waals surface area (Å²) in [5.74, 6) is 1.27. The molecule has 2 rings (SSSR count). The van der Waals surface area contributed by atoms with Gasteiger partial charge in [-0.25, -0.2) is 4.98 Å². The number of halogens is 1. The van der Waals surface area contributed by atoms with Gasteiger partial charge in [0.15, 0.2) is 5.82 Å². The summed E-state index contributed by atoms with van der Waals surface area (Å²) in [6.45, 7) is 3.72. The molecule has 1 aliphatic heterocycles. The molecular formula is C11H17ClN4O. The molecule has 1 saturated heterocycles. The molecule has 0 aromatic carbocycles. The highest BCUT2D eigenvalue weighted by atomic mass is 35.5. The van der Waals surface area contributed by atoms with E-state index in [2.05, 4.69) is 21.8 Å². The third-order valence-corrected chi connectivity index (χ3v) is 3.55. The number of hydrogen-bond acceptors (Lipinski definition) is 5. The van der Waals surface area contributed by atoms with Gasteiger partial charge >= 0.3 is 6.01 Å². The minimum absolute atomic E-state index is 0.284. The van der Waals surface area contributed by atoms with Gasteiger partial charge in [0, 0.05) is 19.1 Å². The molecule has 2 atom stereocenters. The van der Waals surface area contributed by atoms with Crippen LogP contribution in [0.15, 0.2) is 6.20 Å². The molecule has 0 radical (unpaired) electrons. The third-order valence-electron chi connectivity index (χ3n) is 3.28. The highest BCUT2D eigenvalue weighted by molar-refractivity contribution is 6.32. The second-order valence-corrected chi connectivity index (χ2v) is 4.70. The Morgan fingerprint density at radius 3 is 3.06 bits per heavy atom. The molecule has 1 aromatic rings. The third kappa shape index (κ3) is 2.30. The van der Waals surface area contributed by atoms with E-state index in [4.69, 9.17) is 22.1 Å². The Morgan fingerprint density at radius 1 is 1.65 bits per heavy atom. The van der Waals surface area contributed by atoms with Crippen LogP contribution in [0.5, 0.6) is 6.01 Å². The number of methoxy groups -OCH3 is 1. The average molecular weight is 257 g/mol. The summed E-state index contributed by atoms with van der Waals surface area (Å²) in [4.78, 5) is 10.4. The zero-order chi connectivity index (χ0) is 12.4. The second-order valence-electron chi connectivity index (χ2n) is 4.29. The molecular weight excluding hydrogens is 240 g/mol. The molecule has 5 nitrogen and oxygen atoms in total. The first-order valence-electron chi connectivity index (χ1n) is 5.70. The van der Waals surface area contributed by atoms with Crippen LogP contribution in [0.25, 0.3) is 0 Å². The van der Waals surface area contributed by atoms with Crippen LogP contribution < -0.4 is 15.4 Å². The number of anilines is 1. The highest BCUT2D eigenvalue weighted by Crippen LogP contribution is 2.32. The molecule has 1 fully saturated rings. The van der Waals surface area contributed by atoms with Crippen molar-refractivity contribution in [2.24, 2.45) is 11.7 Å². The lowest BCUT2D eigenvalue weighted by Gasteiger charge is -2.27. The molecule has 17 heavy (non-hydrogen) atoms. The highest BCUT2D eigenvalue weighted by Gasteiger charge is 2.32. The zero-order valence-electron chi connectivity index (χ0n) is 10.1. The van der Waals surface area contributed by atoms with Crippen molar-refractivity contribution in [3.05, 3.63) is 11.2 Å². The molecule has 1 aromatic heterocycles. The van der Waals surface area contributed by atoms with Crippen molar-refractivity contribution in [1.82, 2.24) is 9.97 Å². The average Bonchev–Trinajstić information content (AvgIpc) is 2.71. The van der Waals surface area contributed by atoms with Gasteiger partial charge in [-0.1, -0.05) is 18.5 Å². The standard InChI is InChI=1S/C11H17ClN4O/c1-7-3-4-16(9(7)5-13)10-8(12)6-14-11(15-10)17-2/h6-7,9H,3-5,13H2,1-2H3. The maximum absolute atomic E-state index is 6.14. The van der Waals surface area contributed by atoms with E-state index in [1.54, 1.807) is 13.3 Å². The Kier molecular flexibility index (Phi) is 3.69. The summed E-state index contributed by atoms with van der Waals surface area (Å²) in [6.07, 6.45) is 2.67. The number of ether oxygens (including phenoxy) is 1. The molecule has 1 aliphatic rings. The van der Waals surface area contributed by atoms with E-state index in [1.807, 2.05) is 0 Å². The Morgan fingerprint density at radius 2 is 2.41 bits per heavy atom. The Balaban J connectivity index is 2.32. The largest absolute Gasteiger partial charge is 0.467 e. The van der Waals surface area contributed by atoms with Crippen molar-refractivity contribution < 1.29 is 4.74 Å². The first kappa shape index (κ1) is 12.4. The summed E-state index contributed by atoms with van der Waals surface area (Å²) in [7, 11) is 1.54. The summed E-state index contributed by atoms with van der Waals surface area (Å²) in [6, 6.07) is 0.617. The van der Waals surface area contributed by atoms with Crippen LogP contribution >= 0.6 is 11.6 Å². The Bertz CT molecular complexity index is 401. The van der Waals surface area contributed by atoms with Gasteiger partial charge in [0.05, 0.1) is 13.3 Å². The van der Waals surface area contributed by atoms with E-state index in [0.29, 0.717) is 23.5 Å². The van der Waals surface area contributed by atoms with Crippen molar-refractivity contribution in [2.75, 3.05) is 25.1 Å². The van der Waals surface area contributed by atoms with E-state index in [0.717, 1.165) is 18.8 Å². The molecule has 6 heteroatoms. The Hall–Kier alpha value is -1.07. The lowest BCUT2D eigenvalue weighted by Crippen LogP contribution is -2.39. The number of nitrogens with two attached hydrogens (primary N) is 1. The summed E-state index contributed by atoms with van der Waals surface area (Å²) in [5.41, 5.74) is 5.81. The summed E-state index contributed by atoms with van der Waals surface area (Å²) in [5, 5.41) is 0.540. The molecule has 0 bridgehead atoms. The summed E-state index contributed by atoms with van der Waals surface area (Å²) < 4.78 is 5.03. The van der Waals surface area contributed by atoms with Crippen molar-refractivity contribution in [2.45, 2.75) is 19.4 Å². The van der Waals surface area contributed by atoms with Crippen LogP contribution in [0.3, 0.4) is 0 Å². The first-order valence-corrected chi connectivity index (χ1v) is 6.08. The molecule has 94 valence electrons. The molecule has 2 unspecified atom stereocenters. The van der Waals surface area contributed by atoms with E-state index in [-0.39, 0.29) is 6.04 Å². The number of nitrogens with zero attached hydrogens (tertiary/aromatic N) is 3. The van der Waals surface area contributed by atoms with Gasteiger partial charge in [-0.15, -0.1) is 0 Å².